The van der Waals surface area contributed by atoms with Gasteiger partial charge in [-0.2, -0.15) is 0 Å². The van der Waals surface area contributed by atoms with Gasteiger partial charge in [0.15, 0.2) is 0 Å². The van der Waals surface area contributed by atoms with Crippen LogP contribution in [0.15, 0.2) is 225 Å². The van der Waals surface area contributed by atoms with E-state index < -0.39 is 0 Å². The molecule has 0 atom stereocenters. The summed E-state index contributed by atoms with van der Waals surface area (Å²) in [4.78, 5) is 10.9. The van der Waals surface area contributed by atoms with Crippen molar-refractivity contribution in [2.45, 2.75) is 105 Å². The number of phenolic OH excluding ortho intramolecular Hbond substituents is 1. The molecule has 0 spiro atoms. The molecular formula is C80H74N4O. The number of aromatic hydroxyl groups is 1. The van der Waals surface area contributed by atoms with Crippen LogP contribution < -0.4 is 0 Å². The zero-order chi connectivity index (χ0) is 59.3. The van der Waals surface area contributed by atoms with Gasteiger partial charge in [-0.25, -0.2) is 4.98 Å². The van der Waals surface area contributed by atoms with Crippen molar-refractivity contribution >= 4 is 43.6 Å². The number of pyridine rings is 1. The van der Waals surface area contributed by atoms with Crippen LogP contribution in [0.1, 0.15) is 105 Å². The molecule has 0 fully saturated rings. The minimum atomic E-state index is -0.167. The van der Waals surface area contributed by atoms with Crippen molar-refractivity contribution in [3.63, 3.8) is 0 Å². The van der Waals surface area contributed by atoms with Gasteiger partial charge in [-0.15, -0.1) is 0 Å². The number of aromatic nitrogens is 4. The number of imidazole rings is 1. The van der Waals surface area contributed by atoms with E-state index in [-0.39, 0.29) is 27.4 Å². The molecule has 13 aromatic rings. The Morgan fingerprint density at radius 1 is 0.365 bits per heavy atom. The predicted octanol–water partition coefficient (Wildman–Crippen LogP) is 21.6. The molecule has 0 aliphatic heterocycles. The first-order valence-electron chi connectivity index (χ1n) is 29.9. The fourth-order valence-corrected chi connectivity index (χ4v) is 12.6. The number of hydrogen-bond acceptors (Lipinski definition) is 3. The third-order valence-electron chi connectivity index (χ3n) is 17.2. The van der Waals surface area contributed by atoms with Crippen molar-refractivity contribution in [2.75, 3.05) is 0 Å². The molecule has 0 amide bonds. The number of para-hydroxylation sites is 3. The number of phenols is 1. The molecule has 0 unspecified atom stereocenters. The van der Waals surface area contributed by atoms with Crippen LogP contribution in [0.25, 0.3) is 122 Å². The predicted molar refractivity (Wildman–Crippen MR) is 360 cm³/mol. The molecular weight excluding hydrogens is 1030 g/mol. The molecule has 5 heteroatoms. The van der Waals surface area contributed by atoms with E-state index in [1.165, 1.54) is 49.3 Å². The Kier molecular flexibility index (Phi) is 13.2. The Hall–Kier alpha value is -9.32. The van der Waals surface area contributed by atoms with Gasteiger partial charge in [-0.3, -0.25) is 9.55 Å². The van der Waals surface area contributed by atoms with E-state index in [0.29, 0.717) is 11.4 Å². The Morgan fingerprint density at radius 3 is 1.72 bits per heavy atom. The first kappa shape index (κ1) is 54.9. The molecule has 10 aromatic carbocycles. The standard InChI is InChI=1S/C80H74N4O/c1-77(2,3)57-35-37-62-52(42-57)34-38-68(80(10,11)12)73(62)55-33-36-66(72(85)46-55)76-82-74-67(43-56(50-23-15-13-16-24-50)45-71(74)84(76)61-48-58(78(4,5)6)47-59(49-61)79(7,8)9)51-25-21-26-54(41-51)69-44-53(39-40-81-69)63-30-22-31-65-64-29-19-20-32-70(64)83(75(63)65)60-27-17-14-18-28-60/h13-49,85H,1-12H3. The van der Waals surface area contributed by atoms with E-state index in [1.807, 2.05) is 12.3 Å². The molecule has 1 N–H and O–H groups in total. The van der Waals surface area contributed by atoms with Gasteiger partial charge in [0.25, 0.3) is 0 Å². The zero-order valence-electron chi connectivity index (χ0n) is 51.1. The highest BCUT2D eigenvalue weighted by atomic mass is 16.3. The van der Waals surface area contributed by atoms with Gasteiger partial charge in [0, 0.05) is 45.0 Å². The molecule has 0 aliphatic carbocycles. The summed E-state index contributed by atoms with van der Waals surface area (Å²) in [5.74, 6) is 0.825. The lowest BCUT2D eigenvalue weighted by molar-refractivity contribution is 0.477. The van der Waals surface area contributed by atoms with Gasteiger partial charge in [-0.05, 0) is 161 Å². The average Bonchev–Trinajstić information content (AvgIpc) is 1.75. The van der Waals surface area contributed by atoms with Crippen LogP contribution in [0.5, 0.6) is 5.75 Å². The molecule has 0 saturated heterocycles. The maximum atomic E-state index is 12.9. The van der Waals surface area contributed by atoms with Gasteiger partial charge in [0.05, 0.1) is 33.3 Å². The maximum Gasteiger partial charge on any atom is 0.149 e. The van der Waals surface area contributed by atoms with Crippen molar-refractivity contribution in [1.82, 2.24) is 19.1 Å². The number of benzene rings is 10. The lowest BCUT2D eigenvalue weighted by atomic mass is 9.78. The number of rotatable bonds is 8. The summed E-state index contributed by atoms with van der Waals surface area (Å²) in [5, 5.41) is 17.7. The van der Waals surface area contributed by atoms with Crippen molar-refractivity contribution in [3.05, 3.63) is 247 Å². The van der Waals surface area contributed by atoms with E-state index in [1.54, 1.807) is 0 Å². The summed E-state index contributed by atoms with van der Waals surface area (Å²) < 4.78 is 4.70. The third-order valence-corrected chi connectivity index (χ3v) is 17.2. The third kappa shape index (κ3) is 9.99. The molecule has 3 heterocycles. The van der Waals surface area contributed by atoms with Gasteiger partial charge in [0.1, 0.15) is 11.6 Å². The Labute approximate surface area is 501 Å². The highest BCUT2D eigenvalue weighted by Gasteiger charge is 2.28. The average molecular weight is 1110 g/mol. The van der Waals surface area contributed by atoms with Crippen molar-refractivity contribution in [2.24, 2.45) is 0 Å². The second kappa shape index (κ2) is 20.5. The second-order valence-corrected chi connectivity index (χ2v) is 27.4. The Balaban J connectivity index is 1.03. The highest BCUT2D eigenvalue weighted by Crippen LogP contribution is 2.47. The SMILES string of the molecule is CC(C)(C)c1cc(-n2c(-c3ccc(-c4c(C(C)(C)C)ccc5cc(C(C)(C)C)ccc45)cc3O)nc3c(-c4cccc(-c5cc(-c6cccc7c8ccccc8n(-c8ccccc8)c67)ccn5)c4)cc(-c4ccccc4)cc32)cc(C(C)(C)C)c1. The fourth-order valence-electron chi connectivity index (χ4n) is 12.6. The van der Waals surface area contributed by atoms with Crippen LogP contribution >= 0.6 is 0 Å². The first-order valence-corrected chi connectivity index (χ1v) is 29.9. The molecule has 420 valence electrons. The number of hydrogen-bond donors (Lipinski definition) is 1. The van der Waals surface area contributed by atoms with E-state index >= 15 is 0 Å². The van der Waals surface area contributed by atoms with Gasteiger partial charge >= 0.3 is 0 Å². The van der Waals surface area contributed by atoms with Crippen LogP contribution in [0.3, 0.4) is 0 Å². The zero-order valence-corrected chi connectivity index (χ0v) is 51.1. The molecule has 13 rings (SSSR count). The highest BCUT2D eigenvalue weighted by molar-refractivity contribution is 6.14. The Morgan fingerprint density at radius 2 is 1.01 bits per heavy atom. The first-order chi connectivity index (χ1) is 40.6. The van der Waals surface area contributed by atoms with Crippen molar-refractivity contribution in [1.29, 1.82) is 0 Å². The molecule has 0 aliphatic rings. The van der Waals surface area contributed by atoms with Crippen LogP contribution in [-0.2, 0) is 21.7 Å². The van der Waals surface area contributed by atoms with E-state index in [0.717, 1.165) is 83.7 Å². The van der Waals surface area contributed by atoms with Crippen LogP contribution in [0, 0.1) is 0 Å². The summed E-state index contributed by atoms with van der Waals surface area (Å²) in [6, 6.07) is 79.0. The van der Waals surface area contributed by atoms with Crippen molar-refractivity contribution in [3.8, 4) is 84.3 Å². The van der Waals surface area contributed by atoms with Crippen molar-refractivity contribution < 1.29 is 5.11 Å². The summed E-state index contributed by atoms with van der Waals surface area (Å²) in [6.07, 6.45) is 1.94. The monoisotopic (exact) mass is 1110 g/mol. The van der Waals surface area contributed by atoms with Crippen LogP contribution in [0.2, 0.25) is 0 Å². The minimum absolute atomic E-state index is 0.0000538. The smallest absolute Gasteiger partial charge is 0.149 e. The number of nitrogens with zero attached hydrogens (tertiary/aromatic N) is 4. The normalized spacial score (nSPS) is 12.5. The maximum absolute atomic E-state index is 12.9. The fraction of sp³-hybridized carbons (Fsp3) is 0.200. The molecule has 0 radical (unpaired) electrons. The summed E-state index contributed by atoms with van der Waals surface area (Å²) in [6.45, 7) is 27.3. The number of fused-ring (bicyclic) bond motifs is 5. The second-order valence-electron chi connectivity index (χ2n) is 27.4. The Bertz CT molecular complexity index is 4710. The van der Waals surface area contributed by atoms with E-state index in [4.69, 9.17) is 9.97 Å². The van der Waals surface area contributed by atoms with E-state index in [2.05, 4.69) is 305 Å². The molecule has 5 nitrogen and oxygen atoms in total. The summed E-state index contributed by atoms with van der Waals surface area (Å²) in [7, 11) is 0. The van der Waals surface area contributed by atoms with Gasteiger partial charge < -0.3 is 9.67 Å². The molecule has 0 bridgehead atoms. The lowest BCUT2D eigenvalue weighted by Crippen LogP contribution is -2.17. The lowest BCUT2D eigenvalue weighted by Gasteiger charge is -2.27. The van der Waals surface area contributed by atoms with Gasteiger partial charge in [-0.1, -0.05) is 229 Å². The topological polar surface area (TPSA) is 55.9 Å². The van der Waals surface area contributed by atoms with Crippen LogP contribution in [0.4, 0.5) is 0 Å². The summed E-state index contributed by atoms with van der Waals surface area (Å²) >= 11 is 0. The molecule has 3 aromatic heterocycles. The van der Waals surface area contributed by atoms with Gasteiger partial charge in [0.2, 0.25) is 0 Å². The summed E-state index contributed by atoms with van der Waals surface area (Å²) in [5.41, 5.74) is 21.6. The molecule has 85 heavy (non-hydrogen) atoms. The largest absolute Gasteiger partial charge is 0.507 e. The van der Waals surface area contributed by atoms with Crippen LogP contribution in [-0.4, -0.2) is 24.2 Å². The minimum Gasteiger partial charge on any atom is -0.507 e. The quantitative estimate of drug-likeness (QED) is 0.165. The molecule has 0 saturated carbocycles. The van der Waals surface area contributed by atoms with E-state index in [9.17, 15) is 5.11 Å².